The van der Waals surface area contributed by atoms with Gasteiger partial charge in [-0.3, -0.25) is 0 Å². The highest BCUT2D eigenvalue weighted by atomic mass is 16.5. The highest BCUT2D eigenvalue weighted by molar-refractivity contribution is 5.38. The van der Waals surface area contributed by atoms with E-state index in [0.29, 0.717) is 13.2 Å². The standard InChI is InChI=1S/C21H21NO2/c1-2-13-22-14-20(23-16-18-9-5-3-6-10-18)21(15-22)24-17-19-11-7-4-8-12-19/h2-12,14-15H,1,13,16-17H2. The summed E-state index contributed by atoms with van der Waals surface area (Å²) in [6.07, 6.45) is 5.75. The van der Waals surface area contributed by atoms with Gasteiger partial charge in [0, 0.05) is 6.54 Å². The second-order valence-corrected chi connectivity index (χ2v) is 5.52. The highest BCUT2D eigenvalue weighted by Crippen LogP contribution is 2.30. The summed E-state index contributed by atoms with van der Waals surface area (Å²) in [5.41, 5.74) is 2.26. The molecule has 0 saturated carbocycles. The van der Waals surface area contributed by atoms with Crippen molar-refractivity contribution in [2.24, 2.45) is 0 Å². The van der Waals surface area contributed by atoms with Gasteiger partial charge in [0.25, 0.3) is 0 Å². The van der Waals surface area contributed by atoms with Gasteiger partial charge in [-0.05, 0) is 11.1 Å². The quantitative estimate of drug-likeness (QED) is 0.555. The second kappa shape index (κ2) is 8.06. The minimum Gasteiger partial charge on any atom is -0.483 e. The maximum atomic E-state index is 5.96. The van der Waals surface area contributed by atoms with Crippen LogP contribution in [0.2, 0.25) is 0 Å². The van der Waals surface area contributed by atoms with E-state index in [1.165, 1.54) is 0 Å². The molecule has 1 aromatic heterocycles. The number of ether oxygens (including phenoxy) is 2. The van der Waals surface area contributed by atoms with Crippen LogP contribution in [0.4, 0.5) is 0 Å². The fourth-order valence-electron chi connectivity index (χ4n) is 2.41. The molecule has 3 heteroatoms. The molecule has 0 saturated heterocycles. The van der Waals surface area contributed by atoms with E-state index in [4.69, 9.17) is 9.47 Å². The summed E-state index contributed by atoms with van der Waals surface area (Å²) in [6, 6.07) is 20.2. The first-order valence-electron chi connectivity index (χ1n) is 7.99. The Kier molecular flexibility index (Phi) is 5.36. The van der Waals surface area contributed by atoms with E-state index >= 15 is 0 Å². The molecule has 0 N–H and O–H groups in total. The number of allylic oxidation sites excluding steroid dienone is 1. The molecule has 0 radical (unpaired) electrons. The predicted octanol–water partition coefficient (Wildman–Crippen LogP) is 4.83. The Morgan fingerprint density at radius 1 is 0.750 bits per heavy atom. The minimum atomic E-state index is 0.515. The van der Waals surface area contributed by atoms with Crippen LogP contribution in [-0.4, -0.2) is 4.57 Å². The number of rotatable bonds is 8. The van der Waals surface area contributed by atoms with Gasteiger partial charge >= 0.3 is 0 Å². The van der Waals surface area contributed by atoms with Crippen molar-refractivity contribution in [1.29, 1.82) is 0 Å². The van der Waals surface area contributed by atoms with Gasteiger partial charge in [-0.1, -0.05) is 66.7 Å². The molecule has 3 rings (SSSR count). The lowest BCUT2D eigenvalue weighted by Crippen LogP contribution is -1.98. The molecule has 0 amide bonds. The SMILES string of the molecule is C=CCn1cc(OCc2ccccc2)c(OCc2ccccc2)c1. The van der Waals surface area contributed by atoms with Crippen molar-refractivity contribution >= 4 is 0 Å². The Bertz CT molecular complexity index is 702. The van der Waals surface area contributed by atoms with Gasteiger partial charge in [0.15, 0.2) is 11.5 Å². The van der Waals surface area contributed by atoms with Crippen LogP contribution >= 0.6 is 0 Å². The molecule has 0 unspecified atom stereocenters. The summed E-state index contributed by atoms with van der Waals surface area (Å²) < 4.78 is 13.9. The van der Waals surface area contributed by atoms with Gasteiger partial charge in [-0.15, -0.1) is 6.58 Å². The third kappa shape index (κ3) is 4.29. The highest BCUT2D eigenvalue weighted by Gasteiger charge is 2.10. The molecular weight excluding hydrogens is 298 g/mol. The van der Waals surface area contributed by atoms with Crippen LogP contribution in [0.5, 0.6) is 11.5 Å². The molecule has 0 bridgehead atoms. The van der Waals surface area contributed by atoms with Gasteiger partial charge in [-0.2, -0.15) is 0 Å². The maximum absolute atomic E-state index is 5.96. The lowest BCUT2D eigenvalue weighted by molar-refractivity contribution is 0.258. The van der Waals surface area contributed by atoms with Crippen molar-refractivity contribution in [3.63, 3.8) is 0 Å². The smallest absolute Gasteiger partial charge is 0.179 e. The van der Waals surface area contributed by atoms with Crippen LogP contribution in [-0.2, 0) is 19.8 Å². The summed E-state index contributed by atoms with van der Waals surface area (Å²) in [7, 11) is 0. The molecule has 3 nitrogen and oxygen atoms in total. The Balaban J connectivity index is 1.70. The average Bonchev–Trinajstić information content (AvgIpc) is 3.02. The minimum absolute atomic E-state index is 0.515. The molecule has 0 aliphatic heterocycles. The first-order valence-corrected chi connectivity index (χ1v) is 7.99. The lowest BCUT2D eigenvalue weighted by atomic mass is 10.2. The third-order valence-electron chi connectivity index (χ3n) is 3.62. The number of hydrogen-bond donors (Lipinski definition) is 0. The Morgan fingerprint density at radius 3 is 1.62 bits per heavy atom. The monoisotopic (exact) mass is 319 g/mol. The van der Waals surface area contributed by atoms with E-state index in [1.54, 1.807) is 0 Å². The topological polar surface area (TPSA) is 23.4 Å². The third-order valence-corrected chi connectivity index (χ3v) is 3.62. The molecule has 0 spiro atoms. The molecule has 0 fully saturated rings. The van der Waals surface area contributed by atoms with Gasteiger partial charge < -0.3 is 14.0 Å². The number of hydrogen-bond acceptors (Lipinski definition) is 2. The Morgan fingerprint density at radius 2 is 1.21 bits per heavy atom. The first kappa shape index (κ1) is 15.9. The zero-order valence-electron chi connectivity index (χ0n) is 13.6. The normalized spacial score (nSPS) is 10.3. The zero-order chi connectivity index (χ0) is 16.6. The summed E-state index contributed by atoms with van der Waals surface area (Å²) in [6.45, 7) is 5.53. The van der Waals surface area contributed by atoms with Crippen LogP contribution in [0.3, 0.4) is 0 Å². The number of aromatic nitrogens is 1. The molecule has 3 aromatic rings. The van der Waals surface area contributed by atoms with E-state index in [2.05, 4.69) is 6.58 Å². The van der Waals surface area contributed by atoms with Gasteiger partial charge in [0.2, 0.25) is 0 Å². The Labute approximate surface area is 142 Å². The molecule has 2 aromatic carbocycles. The zero-order valence-corrected chi connectivity index (χ0v) is 13.6. The molecule has 24 heavy (non-hydrogen) atoms. The van der Waals surface area contributed by atoms with E-state index in [1.807, 2.05) is 83.7 Å². The van der Waals surface area contributed by atoms with Crippen molar-refractivity contribution in [2.75, 3.05) is 0 Å². The first-order chi connectivity index (χ1) is 11.8. The Hall–Kier alpha value is -2.94. The molecular formula is C21H21NO2. The van der Waals surface area contributed by atoms with Gasteiger partial charge in [0.05, 0.1) is 12.4 Å². The second-order valence-electron chi connectivity index (χ2n) is 5.52. The largest absolute Gasteiger partial charge is 0.483 e. The van der Waals surface area contributed by atoms with Crippen molar-refractivity contribution in [3.8, 4) is 11.5 Å². The average molecular weight is 319 g/mol. The van der Waals surface area contributed by atoms with Crippen LogP contribution in [0.25, 0.3) is 0 Å². The van der Waals surface area contributed by atoms with Crippen molar-refractivity contribution < 1.29 is 9.47 Å². The molecule has 0 atom stereocenters. The van der Waals surface area contributed by atoms with E-state index in [-0.39, 0.29) is 0 Å². The van der Waals surface area contributed by atoms with Gasteiger partial charge in [0.1, 0.15) is 13.2 Å². The number of benzene rings is 2. The summed E-state index contributed by atoms with van der Waals surface area (Å²) in [4.78, 5) is 0. The van der Waals surface area contributed by atoms with Crippen LogP contribution in [0.15, 0.2) is 85.7 Å². The van der Waals surface area contributed by atoms with E-state index in [0.717, 1.165) is 29.2 Å². The van der Waals surface area contributed by atoms with E-state index < -0.39 is 0 Å². The van der Waals surface area contributed by atoms with Crippen LogP contribution < -0.4 is 9.47 Å². The van der Waals surface area contributed by atoms with Crippen LogP contribution in [0.1, 0.15) is 11.1 Å². The molecule has 1 heterocycles. The van der Waals surface area contributed by atoms with Gasteiger partial charge in [-0.25, -0.2) is 0 Å². The fraction of sp³-hybridized carbons (Fsp3) is 0.143. The summed E-state index contributed by atoms with van der Waals surface area (Å²) in [5, 5.41) is 0. The number of nitrogens with zero attached hydrogens (tertiary/aromatic N) is 1. The summed E-state index contributed by atoms with van der Waals surface area (Å²) in [5.74, 6) is 1.49. The lowest BCUT2D eigenvalue weighted by Gasteiger charge is -2.09. The molecule has 122 valence electrons. The molecule has 0 aliphatic rings. The van der Waals surface area contributed by atoms with Crippen molar-refractivity contribution in [2.45, 2.75) is 19.8 Å². The summed E-state index contributed by atoms with van der Waals surface area (Å²) >= 11 is 0. The maximum Gasteiger partial charge on any atom is 0.179 e. The van der Waals surface area contributed by atoms with E-state index in [9.17, 15) is 0 Å². The van der Waals surface area contributed by atoms with Crippen molar-refractivity contribution in [3.05, 3.63) is 96.8 Å². The van der Waals surface area contributed by atoms with Crippen LogP contribution in [0, 0.1) is 0 Å². The van der Waals surface area contributed by atoms with Crippen molar-refractivity contribution in [1.82, 2.24) is 4.57 Å². The predicted molar refractivity (Wildman–Crippen MR) is 96.2 cm³/mol. The molecule has 0 aliphatic carbocycles. The fourth-order valence-corrected chi connectivity index (χ4v) is 2.41.